The zero-order chi connectivity index (χ0) is 42.4. The fraction of sp³-hybridized carbons (Fsp3) is 0.250. The molecule has 1 aliphatic rings. The minimum Gasteiger partial charge on any atom is -0.484 e. The summed E-state index contributed by atoms with van der Waals surface area (Å²) in [5, 5.41) is 0.545. The van der Waals surface area contributed by atoms with Crippen LogP contribution in [-0.2, 0) is 56.7 Å². The number of benzene rings is 6. The van der Waals surface area contributed by atoms with Gasteiger partial charge < -0.3 is 42.3 Å². The maximum atomic E-state index is 13.4. The van der Waals surface area contributed by atoms with E-state index in [0.717, 1.165) is 27.8 Å². The molecule has 2 heterocycles. The number of fused-ring (bicyclic) bond motifs is 1. The van der Waals surface area contributed by atoms with Crippen LogP contribution in [0.15, 0.2) is 179 Å². The van der Waals surface area contributed by atoms with Gasteiger partial charge >= 0.3 is 5.63 Å². The molecule has 62 heavy (non-hydrogen) atoms. The summed E-state index contributed by atoms with van der Waals surface area (Å²) < 4.78 is 58.3. The van der Waals surface area contributed by atoms with Crippen LogP contribution < -0.4 is 19.8 Å². The van der Waals surface area contributed by atoms with E-state index in [1.54, 1.807) is 25.1 Å². The van der Waals surface area contributed by atoms with Crippen LogP contribution in [0.25, 0.3) is 11.0 Å². The first-order valence-corrected chi connectivity index (χ1v) is 20.9. The van der Waals surface area contributed by atoms with Gasteiger partial charge in [-0.1, -0.05) is 152 Å². The lowest BCUT2D eigenvalue weighted by molar-refractivity contribution is -0.310. The molecule has 5 atom stereocenters. The zero-order valence-corrected chi connectivity index (χ0v) is 34.6. The van der Waals surface area contributed by atoms with E-state index in [1.165, 1.54) is 0 Å². The van der Waals surface area contributed by atoms with Gasteiger partial charge in [0.15, 0.2) is 5.75 Å². The van der Waals surface area contributed by atoms with Crippen LogP contribution in [-0.4, -0.2) is 43.9 Å². The lowest BCUT2D eigenvalue weighted by atomic mass is 9.97. The highest BCUT2D eigenvalue weighted by atomic mass is 16.7. The molecule has 1 fully saturated rings. The highest BCUT2D eigenvalue weighted by molar-refractivity contribution is 5.86. The van der Waals surface area contributed by atoms with E-state index in [-0.39, 0.29) is 50.1 Å². The number of hydrogen-bond acceptors (Lipinski definition) is 10. The molecule has 0 N–H and O–H groups in total. The summed E-state index contributed by atoms with van der Waals surface area (Å²) in [4.78, 5) is 13.4. The van der Waals surface area contributed by atoms with Gasteiger partial charge in [0.2, 0.25) is 12.0 Å². The first-order chi connectivity index (χ1) is 30.6. The highest BCUT2D eigenvalue weighted by Crippen LogP contribution is 2.37. The van der Waals surface area contributed by atoms with Crippen molar-refractivity contribution in [3.05, 3.63) is 208 Å². The molecule has 1 aliphatic heterocycles. The number of hydrogen-bond donors (Lipinski definition) is 0. The van der Waals surface area contributed by atoms with Gasteiger partial charge in [0.1, 0.15) is 42.4 Å². The average Bonchev–Trinajstić information content (AvgIpc) is 3.31. The zero-order valence-electron chi connectivity index (χ0n) is 34.6. The molecule has 1 saturated heterocycles. The average molecular weight is 835 g/mol. The molecular weight excluding hydrogens is 785 g/mol. The van der Waals surface area contributed by atoms with Crippen LogP contribution >= 0.6 is 0 Å². The van der Waals surface area contributed by atoms with Gasteiger partial charge in [0.05, 0.1) is 45.0 Å². The largest absolute Gasteiger partial charge is 0.484 e. The lowest BCUT2D eigenvalue weighted by Gasteiger charge is -2.45. The normalized spacial score (nSPS) is 18.6. The molecule has 0 spiro atoms. The fourth-order valence-corrected chi connectivity index (χ4v) is 7.33. The third-order valence-corrected chi connectivity index (χ3v) is 10.4. The Morgan fingerprint density at radius 1 is 0.500 bits per heavy atom. The van der Waals surface area contributed by atoms with Gasteiger partial charge in [0, 0.05) is 6.07 Å². The van der Waals surface area contributed by atoms with Crippen molar-refractivity contribution in [2.75, 3.05) is 13.2 Å². The molecule has 0 unspecified atom stereocenters. The minimum atomic E-state index is -1.03. The third kappa shape index (κ3) is 11.2. The van der Waals surface area contributed by atoms with Crippen molar-refractivity contribution in [2.45, 2.75) is 70.7 Å². The topological polar surface area (TPSA) is 104 Å². The van der Waals surface area contributed by atoms with Gasteiger partial charge in [-0.3, -0.25) is 0 Å². The second-order valence-electron chi connectivity index (χ2n) is 14.9. The van der Waals surface area contributed by atoms with E-state index >= 15 is 0 Å². The van der Waals surface area contributed by atoms with Crippen molar-refractivity contribution in [3.8, 4) is 17.2 Å². The molecule has 10 heteroatoms. The maximum Gasteiger partial charge on any atom is 0.383 e. The van der Waals surface area contributed by atoms with Crippen molar-refractivity contribution in [1.29, 1.82) is 0 Å². The second-order valence-corrected chi connectivity index (χ2v) is 14.9. The van der Waals surface area contributed by atoms with Crippen molar-refractivity contribution in [2.24, 2.45) is 0 Å². The quantitative estimate of drug-likeness (QED) is 0.0690. The second kappa shape index (κ2) is 21.5. The van der Waals surface area contributed by atoms with Crippen molar-refractivity contribution < 1.29 is 42.3 Å². The fourth-order valence-electron chi connectivity index (χ4n) is 7.33. The molecule has 0 amide bonds. The van der Waals surface area contributed by atoms with Crippen molar-refractivity contribution >= 4 is 11.0 Å². The molecule has 1 aromatic heterocycles. The summed E-state index contributed by atoms with van der Waals surface area (Å²) in [6.45, 7) is 3.63. The van der Waals surface area contributed by atoms with Crippen molar-refractivity contribution in [1.82, 2.24) is 0 Å². The molecular formula is C52H50O10. The van der Waals surface area contributed by atoms with E-state index in [2.05, 4.69) is 0 Å². The molecule has 10 nitrogen and oxygen atoms in total. The molecule has 0 saturated carbocycles. The summed E-state index contributed by atoms with van der Waals surface area (Å²) in [6, 6.07) is 54.8. The highest BCUT2D eigenvalue weighted by Gasteiger charge is 2.50. The Morgan fingerprint density at radius 2 is 0.984 bits per heavy atom. The summed E-state index contributed by atoms with van der Waals surface area (Å²) in [7, 11) is 0. The number of rotatable bonds is 20. The van der Waals surface area contributed by atoms with Crippen LogP contribution in [0.4, 0.5) is 0 Å². The Morgan fingerprint density at radius 3 is 1.52 bits per heavy atom. The first-order valence-electron chi connectivity index (χ1n) is 20.9. The standard InChI is InChI=1S/C52H50O10/c1-2-55-49-46(56-32-38-20-10-4-11-21-38)43-29-28-42(30-44(43)61-51(49)53)60-52-50(59-35-41-26-16-7-17-27-41)48(58-34-40-24-14-6-15-25-40)47(57-33-39-22-12-5-13-23-39)45(62-52)36-54-31-37-18-8-3-9-19-37/h3-30,45,47-48,50,52H,2,31-36H2,1H3/t45-,47-,48+,50-,52-/m1/s1. The summed E-state index contributed by atoms with van der Waals surface area (Å²) >= 11 is 0. The van der Waals surface area contributed by atoms with Crippen molar-refractivity contribution in [3.63, 3.8) is 0 Å². The SMILES string of the molecule is CCOc1c(OCc2ccccc2)c2ccc(O[C@@H]3O[C@H](COCc4ccccc4)[C@@H](OCc4ccccc4)[C@H](OCc4ccccc4)[C@H]3OCc3ccccc3)cc2oc1=O. The van der Waals surface area contributed by atoms with Crippen LogP contribution in [0, 0.1) is 0 Å². The van der Waals surface area contributed by atoms with Crippen LogP contribution in [0.5, 0.6) is 17.2 Å². The molecule has 318 valence electrons. The molecule has 6 aromatic carbocycles. The number of ether oxygens (including phenoxy) is 8. The van der Waals surface area contributed by atoms with Gasteiger partial charge in [-0.25, -0.2) is 4.79 Å². The Balaban J connectivity index is 1.15. The maximum absolute atomic E-state index is 13.4. The first kappa shape index (κ1) is 42.4. The van der Waals surface area contributed by atoms with E-state index in [4.69, 9.17) is 42.3 Å². The Kier molecular flexibility index (Phi) is 14.7. The van der Waals surface area contributed by atoms with E-state index in [9.17, 15) is 4.79 Å². The minimum absolute atomic E-state index is 0.00730. The molecule has 0 radical (unpaired) electrons. The van der Waals surface area contributed by atoms with E-state index < -0.39 is 36.3 Å². The van der Waals surface area contributed by atoms with Gasteiger partial charge in [-0.05, 0) is 46.9 Å². The molecule has 7 aromatic rings. The van der Waals surface area contributed by atoms with Gasteiger partial charge in [-0.15, -0.1) is 0 Å². The van der Waals surface area contributed by atoms with Gasteiger partial charge in [-0.2, -0.15) is 0 Å². The Bertz CT molecular complexity index is 2470. The smallest absolute Gasteiger partial charge is 0.383 e. The Labute approximate surface area is 361 Å². The molecule has 0 bridgehead atoms. The van der Waals surface area contributed by atoms with Crippen LogP contribution in [0.1, 0.15) is 34.7 Å². The summed E-state index contributed by atoms with van der Waals surface area (Å²) in [6.07, 6.45) is -3.84. The van der Waals surface area contributed by atoms with E-state index in [0.29, 0.717) is 24.3 Å². The predicted octanol–water partition coefficient (Wildman–Crippen LogP) is 9.85. The molecule has 8 rings (SSSR count). The lowest BCUT2D eigenvalue weighted by Crippen LogP contribution is -2.62. The monoisotopic (exact) mass is 834 g/mol. The summed E-state index contributed by atoms with van der Waals surface area (Å²) in [5.74, 6) is 0.661. The van der Waals surface area contributed by atoms with Gasteiger partial charge in [0.25, 0.3) is 0 Å². The van der Waals surface area contributed by atoms with Crippen LogP contribution in [0.2, 0.25) is 0 Å². The third-order valence-electron chi connectivity index (χ3n) is 10.4. The van der Waals surface area contributed by atoms with Crippen LogP contribution in [0.3, 0.4) is 0 Å². The summed E-state index contributed by atoms with van der Waals surface area (Å²) in [5.41, 5.74) is 4.49. The Hall–Kier alpha value is -6.27. The molecule has 0 aliphatic carbocycles. The van der Waals surface area contributed by atoms with E-state index in [1.807, 2.05) is 152 Å². The predicted molar refractivity (Wildman–Crippen MR) is 235 cm³/mol.